The van der Waals surface area contributed by atoms with Crippen LogP contribution in [-0.2, 0) is 0 Å². The number of hydrogen-bond acceptors (Lipinski definition) is 3. The lowest BCUT2D eigenvalue weighted by molar-refractivity contribution is 0.0676. The average molecular weight is 239 g/mol. The van der Waals surface area contributed by atoms with Crippen LogP contribution in [0.1, 0.15) is 58.8 Å². The van der Waals surface area contributed by atoms with Crippen molar-refractivity contribution in [1.29, 1.82) is 0 Å². The molecule has 3 N–H and O–H groups in total. The lowest BCUT2D eigenvalue weighted by Crippen LogP contribution is -2.61. The molecule has 3 heteroatoms. The molecule has 1 saturated heterocycles. The molecule has 2 fully saturated rings. The molecule has 3 nitrogen and oxygen atoms in total. The van der Waals surface area contributed by atoms with E-state index in [0.717, 1.165) is 5.92 Å². The molecule has 0 spiro atoms. The molecule has 2 rings (SSSR count). The fourth-order valence-corrected chi connectivity index (χ4v) is 3.95. The lowest BCUT2D eigenvalue weighted by atomic mass is 9.82. The summed E-state index contributed by atoms with van der Waals surface area (Å²) in [6, 6.07) is 0.475. The van der Waals surface area contributed by atoms with Gasteiger partial charge in [0.05, 0.1) is 0 Å². The predicted octanol–water partition coefficient (Wildman–Crippen LogP) is 2.27. The molecule has 0 amide bonds. The topological polar surface area (TPSA) is 41.3 Å². The molecule has 17 heavy (non-hydrogen) atoms. The van der Waals surface area contributed by atoms with Crippen molar-refractivity contribution < 1.29 is 0 Å². The highest BCUT2D eigenvalue weighted by atomic mass is 15.3. The molecule has 1 aliphatic carbocycles. The van der Waals surface area contributed by atoms with Crippen molar-refractivity contribution in [3.63, 3.8) is 0 Å². The lowest BCUT2D eigenvalue weighted by Gasteiger charge is -2.45. The number of likely N-dealkylation sites (tertiary alicyclic amines) is 1. The van der Waals surface area contributed by atoms with Gasteiger partial charge in [-0.2, -0.15) is 0 Å². The summed E-state index contributed by atoms with van der Waals surface area (Å²) < 4.78 is 0. The van der Waals surface area contributed by atoms with Crippen LogP contribution in [0.25, 0.3) is 0 Å². The fraction of sp³-hybridized carbons (Fsp3) is 1.00. The minimum absolute atomic E-state index is 0.371. The highest BCUT2D eigenvalue weighted by molar-refractivity contribution is 5.04. The molecule has 1 saturated carbocycles. The summed E-state index contributed by atoms with van der Waals surface area (Å²) in [7, 11) is 0. The second-order valence-electron chi connectivity index (χ2n) is 6.35. The Morgan fingerprint density at radius 1 is 1.12 bits per heavy atom. The summed E-state index contributed by atoms with van der Waals surface area (Å²) in [6.07, 6.45) is 9.40. The van der Waals surface area contributed by atoms with Gasteiger partial charge in [0.25, 0.3) is 0 Å². The minimum Gasteiger partial charge on any atom is -0.296 e. The monoisotopic (exact) mass is 239 g/mol. The van der Waals surface area contributed by atoms with Gasteiger partial charge in [-0.25, -0.2) is 0 Å². The van der Waals surface area contributed by atoms with Gasteiger partial charge in [-0.15, -0.1) is 0 Å². The number of nitrogens with two attached hydrogens (primary N) is 1. The van der Waals surface area contributed by atoms with Crippen LogP contribution in [0.4, 0.5) is 0 Å². The third-order valence-electron chi connectivity index (χ3n) is 4.76. The van der Waals surface area contributed by atoms with Gasteiger partial charge in [0, 0.05) is 11.6 Å². The quantitative estimate of drug-likeness (QED) is 0.571. The van der Waals surface area contributed by atoms with Gasteiger partial charge in [0.2, 0.25) is 0 Å². The Hall–Kier alpha value is -0.120. The summed E-state index contributed by atoms with van der Waals surface area (Å²) in [5, 5.41) is 0. The van der Waals surface area contributed by atoms with E-state index in [9.17, 15) is 0 Å². The number of nitrogens with one attached hydrogen (secondary N) is 1. The normalized spacial score (nSPS) is 26.8. The van der Waals surface area contributed by atoms with Crippen molar-refractivity contribution in [2.45, 2.75) is 70.4 Å². The van der Waals surface area contributed by atoms with Gasteiger partial charge in [0.1, 0.15) is 0 Å². The molecule has 1 heterocycles. The predicted molar refractivity (Wildman–Crippen MR) is 72.6 cm³/mol. The first kappa shape index (κ1) is 13.3. The molecule has 0 aromatic rings. The summed E-state index contributed by atoms with van der Waals surface area (Å²) in [5.41, 5.74) is 3.52. The maximum absolute atomic E-state index is 5.88. The Morgan fingerprint density at radius 3 is 2.18 bits per heavy atom. The standard InChI is InChI=1S/C14H29N3/c1-12(2)11-13(16-15)14(7-3-4-8-14)17-9-5-6-10-17/h12-13,16H,3-11,15H2,1-2H3. The van der Waals surface area contributed by atoms with E-state index in [1.807, 2.05) is 0 Å². The van der Waals surface area contributed by atoms with Crippen molar-refractivity contribution in [2.24, 2.45) is 11.8 Å². The molecule has 0 aromatic heterocycles. The van der Waals surface area contributed by atoms with Crippen molar-refractivity contribution in [2.75, 3.05) is 13.1 Å². The van der Waals surface area contributed by atoms with Crippen LogP contribution in [0, 0.1) is 5.92 Å². The van der Waals surface area contributed by atoms with Crippen LogP contribution in [0.3, 0.4) is 0 Å². The summed E-state index contributed by atoms with van der Waals surface area (Å²) in [5.74, 6) is 6.60. The third-order valence-corrected chi connectivity index (χ3v) is 4.76. The second-order valence-corrected chi connectivity index (χ2v) is 6.35. The smallest absolute Gasteiger partial charge is 0.0397 e. The first-order valence-electron chi connectivity index (χ1n) is 7.40. The Balaban J connectivity index is 2.13. The van der Waals surface area contributed by atoms with Gasteiger partial charge >= 0.3 is 0 Å². The zero-order valence-electron chi connectivity index (χ0n) is 11.5. The molecule has 0 bridgehead atoms. The van der Waals surface area contributed by atoms with Crippen molar-refractivity contribution >= 4 is 0 Å². The number of hydrazine groups is 1. The Kier molecular flexibility index (Phi) is 4.45. The highest BCUT2D eigenvalue weighted by Gasteiger charge is 2.46. The van der Waals surface area contributed by atoms with Crippen LogP contribution in [0.5, 0.6) is 0 Å². The fourth-order valence-electron chi connectivity index (χ4n) is 3.95. The molecule has 0 radical (unpaired) electrons. The SMILES string of the molecule is CC(C)CC(NN)C1(N2CCCC2)CCCC1. The maximum Gasteiger partial charge on any atom is 0.0397 e. The van der Waals surface area contributed by atoms with Crippen LogP contribution < -0.4 is 11.3 Å². The molecule has 0 aromatic carbocycles. The van der Waals surface area contributed by atoms with Gasteiger partial charge in [0.15, 0.2) is 0 Å². The third kappa shape index (κ3) is 2.67. The summed E-state index contributed by atoms with van der Waals surface area (Å²) in [4.78, 5) is 2.74. The van der Waals surface area contributed by atoms with Gasteiger partial charge in [-0.1, -0.05) is 26.7 Å². The Bertz CT molecular complexity index is 228. The number of rotatable bonds is 5. The first-order chi connectivity index (χ1) is 8.19. The second kappa shape index (κ2) is 5.68. The van der Waals surface area contributed by atoms with E-state index in [1.54, 1.807) is 0 Å². The summed E-state index contributed by atoms with van der Waals surface area (Å²) >= 11 is 0. The van der Waals surface area contributed by atoms with E-state index in [-0.39, 0.29) is 0 Å². The van der Waals surface area contributed by atoms with E-state index in [4.69, 9.17) is 5.84 Å². The molecular weight excluding hydrogens is 210 g/mol. The van der Waals surface area contributed by atoms with Gasteiger partial charge in [-0.05, 0) is 51.1 Å². The molecule has 1 unspecified atom stereocenters. The first-order valence-corrected chi connectivity index (χ1v) is 7.40. The van der Waals surface area contributed by atoms with Crippen molar-refractivity contribution in [3.05, 3.63) is 0 Å². The van der Waals surface area contributed by atoms with E-state index >= 15 is 0 Å². The van der Waals surface area contributed by atoms with Crippen molar-refractivity contribution in [3.8, 4) is 0 Å². The minimum atomic E-state index is 0.371. The molecule has 1 atom stereocenters. The average Bonchev–Trinajstić information content (AvgIpc) is 2.95. The number of hydrogen-bond donors (Lipinski definition) is 2. The largest absolute Gasteiger partial charge is 0.296 e. The van der Waals surface area contributed by atoms with Crippen molar-refractivity contribution in [1.82, 2.24) is 10.3 Å². The van der Waals surface area contributed by atoms with E-state index in [1.165, 1.54) is 58.0 Å². The van der Waals surface area contributed by atoms with Crippen LogP contribution >= 0.6 is 0 Å². The maximum atomic E-state index is 5.88. The molecule has 1 aliphatic heterocycles. The zero-order chi connectivity index (χ0) is 12.3. The Labute approximate surface area is 106 Å². The molecule has 100 valence electrons. The number of nitrogens with zero attached hydrogens (tertiary/aromatic N) is 1. The van der Waals surface area contributed by atoms with Crippen LogP contribution in [0.2, 0.25) is 0 Å². The van der Waals surface area contributed by atoms with Crippen LogP contribution in [0.15, 0.2) is 0 Å². The van der Waals surface area contributed by atoms with Gasteiger partial charge in [-0.3, -0.25) is 16.2 Å². The highest BCUT2D eigenvalue weighted by Crippen LogP contribution is 2.41. The Morgan fingerprint density at radius 2 is 1.71 bits per heavy atom. The molecule has 2 aliphatic rings. The zero-order valence-corrected chi connectivity index (χ0v) is 11.5. The van der Waals surface area contributed by atoms with E-state index in [2.05, 4.69) is 24.2 Å². The van der Waals surface area contributed by atoms with Gasteiger partial charge < -0.3 is 0 Å². The molecular formula is C14H29N3. The summed E-state index contributed by atoms with van der Waals surface area (Å²) in [6.45, 7) is 7.18. The van der Waals surface area contributed by atoms with E-state index in [0.29, 0.717) is 11.6 Å². The van der Waals surface area contributed by atoms with E-state index < -0.39 is 0 Å². The van der Waals surface area contributed by atoms with Crippen LogP contribution in [-0.4, -0.2) is 29.6 Å².